The highest BCUT2D eigenvalue weighted by Gasteiger charge is 2.11. The second kappa shape index (κ2) is 3.40. The van der Waals surface area contributed by atoms with Crippen molar-refractivity contribution < 1.29 is 0 Å². The first-order chi connectivity index (χ1) is 5.70. The highest BCUT2D eigenvalue weighted by Crippen LogP contribution is 2.13. The standard InChI is InChI=1S/C9H13N3/c1-5-12-8(3)9(6-10-4)7(2)11-12/h5-6H2,1-3H3. The molecular formula is C9H13N3. The van der Waals surface area contributed by atoms with Gasteiger partial charge in [-0.1, -0.05) is 0 Å². The van der Waals surface area contributed by atoms with Crippen LogP contribution >= 0.6 is 0 Å². The van der Waals surface area contributed by atoms with E-state index < -0.39 is 0 Å². The third kappa shape index (κ3) is 1.33. The van der Waals surface area contributed by atoms with Crippen LogP contribution in [0.3, 0.4) is 0 Å². The van der Waals surface area contributed by atoms with E-state index in [1.54, 1.807) is 0 Å². The van der Waals surface area contributed by atoms with E-state index >= 15 is 0 Å². The van der Waals surface area contributed by atoms with Crippen molar-refractivity contribution >= 4 is 0 Å². The van der Waals surface area contributed by atoms with Gasteiger partial charge >= 0.3 is 0 Å². The maximum absolute atomic E-state index is 6.79. The number of hydrogen-bond donors (Lipinski definition) is 0. The fourth-order valence-corrected chi connectivity index (χ4v) is 1.35. The van der Waals surface area contributed by atoms with Crippen LogP contribution in [0.1, 0.15) is 23.9 Å². The van der Waals surface area contributed by atoms with Gasteiger partial charge in [0, 0.05) is 12.2 Å². The maximum atomic E-state index is 6.79. The lowest BCUT2D eigenvalue weighted by Gasteiger charge is -1.97. The van der Waals surface area contributed by atoms with Crippen molar-refractivity contribution in [3.05, 3.63) is 28.4 Å². The van der Waals surface area contributed by atoms with Gasteiger partial charge in [0.15, 0.2) is 0 Å². The number of nitrogens with zero attached hydrogens (tertiary/aromatic N) is 3. The lowest BCUT2D eigenvalue weighted by atomic mass is 10.2. The monoisotopic (exact) mass is 163 g/mol. The Morgan fingerprint density at radius 1 is 1.50 bits per heavy atom. The molecule has 0 unspecified atom stereocenters. The quantitative estimate of drug-likeness (QED) is 0.611. The second-order valence-corrected chi connectivity index (χ2v) is 2.78. The number of hydrogen-bond acceptors (Lipinski definition) is 1. The minimum absolute atomic E-state index is 0.456. The van der Waals surface area contributed by atoms with Crippen LogP contribution in [0.25, 0.3) is 4.85 Å². The van der Waals surface area contributed by atoms with E-state index in [-0.39, 0.29) is 0 Å². The molecule has 3 heteroatoms. The van der Waals surface area contributed by atoms with E-state index in [2.05, 4.69) is 16.9 Å². The molecule has 1 aromatic rings. The molecule has 0 aliphatic heterocycles. The summed E-state index contributed by atoms with van der Waals surface area (Å²) in [6, 6.07) is 0. The van der Waals surface area contributed by atoms with E-state index in [1.807, 2.05) is 18.5 Å². The van der Waals surface area contributed by atoms with Crippen molar-refractivity contribution in [1.82, 2.24) is 9.78 Å². The van der Waals surface area contributed by atoms with Crippen LogP contribution < -0.4 is 0 Å². The molecular weight excluding hydrogens is 150 g/mol. The number of rotatable bonds is 2. The van der Waals surface area contributed by atoms with Crippen LogP contribution in [0.5, 0.6) is 0 Å². The Hall–Kier alpha value is -1.30. The molecule has 0 aliphatic rings. The topological polar surface area (TPSA) is 22.2 Å². The van der Waals surface area contributed by atoms with Crippen LogP contribution in [0.2, 0.25) is 0 Å². The Morgan fingerprint density at radius 3 is 2.58 bits per heavy atom. The first-order valence-electron chi connectivity index (χ1n) is 4.06. The van der Waals surface area contributed by atoms with E-state index in [4.69, 9.17) is 6.57 Å². The van der Waals surface area contributed by atoms with Gasteiger partial charge in [-0.15, -0.1) is 0 Å². The summed E-state index contributed by atoms with van der Waals surface area (Å²) >= 11 is 0. The smallest absolute Gasteiger partial charge is 0.243 e. The Bertz CT molecular complexity index is 317. The van der Waals surface area contributed by atoms with Crippen LogP contribution in [0.15, 0.2) is 0 Å². The van der Waals surface area contributed by atoms with Gasteiger partial charge in [0.05, 0.1) is 11.3 Å². The summed E-state index contributed by atoms with van der Waals surface area (Å²) in [6.07, 6.45) is 0. The van der Waals surface area contributed by atoms with E-state index in [0.29, 0.717) is 6.54 Å². The van der Waals surface area contributed by atoms with Crippen molar-refractivity contribution in [3.8, 4) is 0 Å². The van der Waals surface area contributed by atoms with Gasteiger partial charge in [0.2, 0.25) is 6.54 Å². The van der Waals surface area contributed by atoms with Crippen LogP contribution in [-0.4, -0.2) is 9.78 Å². The summed E-state index contributed by atoms with van der Waals surface area (Å²) in [7, 11) is 0. The molecule has 0 saturated carbocycles. The van der Waals surface area contributed by atoms with Gasteiger partial charge < -0.3 is 4.85 Å². The summed E-state index contributed by atoms with van der Waals surface area (Å²) in [5.41, 5.74) is 3.21. The minimum atomic E-state index is 0.456. The van der Waals surface area contributed by atoms with Gasteiger partial charge in [-0.2, -0.15) is 5.10 Å². The molecule has 0 saturated heterocycles. The SMILES string of the molecule is [C-]#[N+]Cc1c(C)nn(CC)c1C. The van der Waals surface area contributed by atoms with Gasteiger partial charge in [-0.3, -0.25) is 4.68 Å². The van der Waals surface area contributed by atoms with Gasteiger partial charge in [0.1, 0.15) is 0 Å². The van der Waals surface area contributed by atoms with Gasteiger partial charge in [-0.05, 0) is 20.8 Å². The highest BCUT2D eigenvalue weighted by molar-refractivity contribution is 5.25. The van der Waals surface area contributed by atoms with Crippen molar-refractivity contribution in [3.63, 3.8) is 0 Å². The molecule has 1 rings (SSSR count). The predicted molar refractivity (Wildman–Crippen MR) is 47.7 cm³/mol. The first kappa shape index (κ1) is 8.79. The Balaban J connectivity index is 3.11. The highest BCUT2D eigenvalue weighted by atomic mass is 15.3. The van der Waals surface area contributed by atoms with E-state index in [9.17, 15) is 0 Å². The summed E-state index contributed by atoms with van der Waals surface area (Å²) in [6.45, 7) is 14.2. The van der Waals surface area contributed by atoms with Crippen molar-refractivity contribution in [2.75, 3.05) is 0 Å². The Kier molecular flexibility index (Phi) is 2.49. The molecule has 0 radical (unpaired) electrons. The van der Waals surface area contributed by atoms with E-state index in [1.165, 1.54) is 0 Å². The van der Waals surface area contributed by atoms with Crippen LogP contribution in [-0.2, 0) is 13.1 Å². The summed E-state index contributed by atoms with van der Waals surface area (Å²) in [5, 5.41) is 4.32. The summed E-state index contributed by atoms with van der Waals surface area (Å²) in [5.74, 6) is 0. The fraction of sp³-hybridized carbons (Fsp3) is 0.556. The summed E-state index contributed by atoms with van der Waals surface area (Å²) < 4.78 is 1.94. The second-order valence-electron chi connectivity index (χ2n) is 2.78. The van der Waals surface area contributed by atoms with Gasteiger partial charge in [0.25, 0.3) is 0 Å². The predicted octanol–water partition coefficient (Wildman–Crippen LogP) is 1.94. The molecule has 0 aliphatic carbocycles. The number of aryl methyl sites for hydroxylation is 2. The Labute approximate surface area is 72.8 Å². The molecule has 0 atom stereocenters. The largest absolute Gasteiger partial charge is 0.312 e. The third-order valence-corrected chi connectivity index (χ3v) is 2.07. The molecule has 0 fully saturated rings. The van der Waals surface area contributed by atoms with Crippen LogP contribution in [0.4, 0.5) is 0 Å². The minimum Gasteiger partial charge on any atom is -0.312 e. The third-order valence-electron chi connectivity index (χ3n) is 2.07. The fourth-order valence-electron chi connectivity index (χ4n) is 1.35. The van der Waals surface area contributed by atoms with Gasteiger partial charge in [-0.25, -0.2) is 6.57 Å². The molecule has 0 N–H and O–H groups in total. The molecule has 0 bridgehead atoms. The van der Waals surface area contributed by atoms with Crippen molar-refractivity contribution in [2.24, 2.45) is 0 Å². The zero-order chi connectivity index (χ0) is 9.14. The first-order valence-corrected chi connectivity index (χ1v) is 4.06. The Morgan fingerprint density at radius 2 is 2.17 bits per heavy atom. The average Bonchev–Trinajstić information content (AvgIpc) is 2.32. The molecule has 0 spiro atoms. The summed E-state index contributed by atoms with van der Waals surface area (Å²) in [4.78, 5) is 3.37. The lowest BCUT2D eigenvalue weighted by Crippen LogP contribution is -1.98. The zero-order valence-corrected chi connectivity index (χ0v) is 7.76. The van der Waals surface area contributed by atoms with Crippen LogP contribution in [0, 0.1) is 20.4 Å². The normalized spacial score (nSPS) is 9.83. The lowest BCUT2D eigenvalue weighted by molar-refractivity contribution is 0.633. The molecule has 0 aromatic carbocycles. The molecule has 12 heavy (non-hydrogen) atoms. The molecule has 1 heterocycles. The van der Waals surface area contributed by atoms with Crippen molar-refractivity contribution in [1.29, 1.82) is 0 Å². The number of aromatic nitrogens is 2. The van der Waals surface area contributed by atoms with E-state index in [0.717, 1.165) is 23.5 Å². The molecule has 64 valence electrons. The van der Waals surface area contributed by atoms with Crippen molar-refractivity contribution in [2.45, 2.75) is 33.9 Å². The average molecular weight is 163 g/mol. The zero-order valence-electron chi connectivity index (χ0n) is 7.76. The molecule has 0 amide bonds. The molecule has 3 nitrogen and oxygen atoms in total. The molecule has 1 aromatic heterocycles. The maximum Gasteiger partial charge on any atom is 0.243 e.